The summed E-state index contributed by atoms with van der Waals surface area (Å²) in [6.45, 7) is 3.97. The van der Waals surface area contributed by atoms with Crippen molar-refractivity contribution in [2.45, 2.75) is 39.3 Å². The topological polar surface area (TPSA) is 61.4 Å². The monoisotopic (exact) mass is 348 g/mol. The molecule has 0 N–H and O–H groups in total. The Morgan fingerprint density at radius 2 is 2.10 bits per heavy atom. The van der Waals surface area contributed by atoms with Crippen molar-refractivity contribution in [1.82, 2.24) is 4.57 Å². The zero-order valence-corrected chi connectivity index (χ0v) is 13.6. The van der Waals surface area contributed by atoms with Gasteiger partial charge in [-0.05, 0) is 13.3 Å². The summed E-state index contributed by atoms with van der Waals surface area (Å²) in [5.74, 6) is -0.962. The molecular formula is C13H21BrN2O4. The van der Waals surface area contributed by atoms with E-state index in [1.807, 2.05) is 24.7 Å². The first-order chi connectivity index (χ1) is 9.02. The number of nitrogens with zero attached hydrogens (tertiary/aromatic N) is 2. The molecule has 6 nitrogen and oxygen atoms in total. The van der Waals surface area contributed by atoms with Crippen LogP contribution in [0.5, 0.6) is 0 Å². The second-order valence-corrected chi connectivity index (χ2v) is 4.40. The smallest absolute Gasteiger partial charge is 0.349 e. The first-order valence-corrected chi connectivity index (χ1v) is 6.40. The fraction of sp³-hybridized carbons (Fsp3) is 0.615. The Bertz CT molecular complexity index is 434. The molecule has 1 heterocycles. The van der Waals surface area contributed by atoms with Crippen molar-refractivity contribution < 1.29 is 40.6 Å². The van der Waals surface area contributed by atoms with Crippen molar-refractivity contribution in [3.63, 3.8) is 0 Å². The van der Waals surface area contributed by atoms with Crippen LogP contribution < -0.4 is 21.5 Å². The number of rotatable bonds is 7. The minimum Gasteiger partial charge on any atom is -1.00 e. The van der Waals surface area contributed by atoms with Crippen LogP contribution in [0.25, 0.3) is 0 Å². The summed E-state index contributed by atoms with van der Waals surface area (Å²) >= 11 is 0. The molecule has 0 aliphatic rings. The van der Waals surface area contributed by atoms with Crippen molar-refractivity contribution in [1.29, 1.82) is 0 Å². The molecular weight excluding hydrogens is 328 g/mol. The van der Waals surface area contributed by atoms with Gasteiger partial charge in [-0.1, -0.05) is 13.3 Å². The van der Waals surface area contributed by atoms with E-state index in [-0.39, 0.29) is 23.5 Å². The summed E-state index contributed by atoms with van der Waals surface area (Å²) in [6.07, 6.45) is 6.22. The molecule has 114 valence electrons. The SMILES string of the molecule is CCCCOC(=O)C(C)OC(=O)C[n+]1ccn(C)c1.[Br-]. The Hall–Kier alpha value is -1.37. The summed E-state index contributed by atoms with van der Waals surface area (Å²) in [7, 11) is 1.86. The maximum atomic E-state index is 11.6. The molecule has 1 unspecified atom stereocenters. The van der Waals surface area contributed by atoms with Crippen LogP contribution in [0.4, 0.5) is 0 Å². The molecule has 0 radical (unpaired) electrons. The van der Waals surface area contributed by atoms with E-state index in [1.165, 1.54) is 6.92 Å². The van der Waals surface area contributed by atoms with E-state index in [0.717, 1.165) is 12.8 Å². The Morgan fingerprint density at radius 1 is 1.40 bits per heavy atom. The lowest BCUT2D eigenvalue weighted by molar-refractivity contribution is -0.685. The van der Waals surface area contributed by atoms with Crippen LogP contribution in [0.15, 0.2) is 18.7 Å². The summed E-state index contributed by atoms with van der Waals surface area (Å²) in [5, 5.41) is 0. The molecule has 0 saturated heterocycles. The molecule has 0 bridgehead atoms. The Morgan fingerprint density at radius 3 is 2.65 bits per heavy atom. The van der Waals surface area contributed by atoms with Crippen molar-refractivity contribution in [3.05, 3.63) is 18.7 Å². The molecule has 0 saturated carbocycles. The zero-order valence-electron chi connectivity index (χ0n) is 12.0. The minimum absolute atomic E-state index is 0. The second-order valence-electron chi connectivity index (χ2n) is 4.40. The molecule has 0 aliphatic heterocycles. The largest absolute Gasteiger partial charge is 1.00 e. The van der Waals surface area contributed by atoms with Crippen molar-refractivity contribution in [2.24, 2.45) is 7.05 Å². The van der Waals surface area contributed by atoms with E-state index >= 15 is 0 Å². The van der Waals surface area contributed by atoms with Crippen molar-refractivity contribution in [3.8, 4) is 0 Å². The van der Waals surface area contributed by atoms with Crippen LogP contribution >= 0.6 is 0 Å². The maximum absolute atomic E-state index is 11.6. The zero-order chi connectivity index (χ0) is 14.3. The van der Waals surface area contributed by atoms with Gasteiger partial charge in [-0.15, -0.1) is 0 Å². The number of esters is 2. The molecule has 7 heteroatoms. The number of carbonyl (C=O) groups excluding carboxylic acids is 2. The highest BCUT2D eigenvalue weighted by Gasteiger charge is 2.20. The second kappa shape index (κ2) is 9.52. The average Bonchev–Trinajstić information content (AvgIpc) is 2.74. The van der Waals surface area contributed by atoms with Gasteiger partial charge in [0.25, 0.3) is 0 Å². The van der Waals surface area contributed by atoms with E-state index in [4.69, 9.17) is 9.47 Å². The number of hydrogen-bond acceptors (Lipinski definition) is 4. The summed E-state index contributed by atoms with van der Waals surface area (Å²) in [4.78, 5) is 23.1. The predicted molar refractivity (Wildman–Crippen MR) is 67.0 cm³/mol. The molecule has 1 aromatic rings. The first kappa shape index (κ1) is 18.6. The van der Waals surface area contributed by atoms with Crippen molar-refractivity contribution >= 4 is 11.9 Å². The minimum atomic E-state index is -0.867. The summed E-state index contributed by atoms with van der Waals surface area (Å²) < 4.78 is 13.5. The molecule has 1 atom stereocenters. The Balaban J connectivity index is 0.00000361. The van der Waals surface area contributed by atoms with Crippen LogP contribution in [0.3, 0.4) is 0 Å². The Labute approximate surface area is 129 Å². The lowest BCUT2D eigenvalue weighted by atomic mass is 10.3. The fourth-order valence-electron chi connectivity index (χ4n) is 1.46. The van der Waals surface area contributed by atoms with Crippen LogP contribution in [-0.2, 0) is 32.7 Å². The fourth-order valence-corrected chi connectivity index (χ4v) is 1.46. The molecule has 20 heavy (non-hydrogen) atoms. The van der Waals surface area contributed by atoms with E-state index < -0.39 is 18.0 Å². The lowest BCUT2D eigenvalue weighted by Crippen LogP contribution is -3.00. The normalized spacial score (nSPS) is 11.3. The van der Waals surface area contributed by atoms with E-state index in [9.17, 15) is 9.59 Å². The highest BCUT2D eigenvalue weighted by Crippen LogP contribution is 1.98. The van der Waals surface area contributed by atoms with E-state index in [0.29, 0.717) is 6.61 Å². The summed E-state index contributed by atoms with van der Waals surface area (Å²) in [5.41, 5.74) is 0. The number of hydrogen-bond donors (Lipinski definition) is 0. The van der Waals surface area contributed by atoms with E-state index in [1.54, 1.807) is 17.1 Å². The molecule has 0 fully saturated rings. The molecule has 0 spiro atoms. The third-order valence-corrected chi connectivity index (χ3v) is 2.52. The van der Waals surface area contributed by atoms with Gasteiger partial charge < -0.3 is 26.5 Å². The van der Waals surface area contributed by atoms with Crippen LogP contribution in [-0.4, -0.2) is 29.2 Å². The predicted octanol–water partition coefficient (Wildman–Crippen LogP) is -2.41. The van der Waals surface area contributed by atoms with Gasteiger partial charge in [0.2, 0.25) is 6.33 Å². The highest BCUT2D eigenvalue weighted by atomic mass is 79.9. The average molecular weight is 349 g/mol. The molecule has 0 aliphatic carbocycles. The van der Waals surface area contributed by atoms with Gasteiger partial charge in [-0.3, -0.25) is 0 Å². The molecule has 1 aromatic heterocycles. The van der Waals surface area contributed by atoms with Gasteiger partial charge in [0.1, 0.15) is 12.4 Å². The number of ether oxygens (including phenoxy) is 2. The van der Waals surface area contributed by atoms with Gasteiger partial charge in [0, 0.05) is 0 Å². The molecule has 1 rings (SSSR count). The third-order valence-electron chi connectivity index (χ3n) is 2.52. The first-order valence-electron chi connectivity index (χ1n) is 6.40. The van der Waals surface area contributed by atoms with Crippen LogP contribution in [0.2, 0.25) is 0 Å². The number of aryl methyl sites for hydroxylation is 1. The number of aromatic nitrogens is 2. The van der Waals surface area contributed by atoms with E-state index in [2.05, 4.69) is 0 Å². The van der Waals surface area contributed by atoms with Gasteiger partial charge in [0.15, 0.2) is 12.6 Å². The van der Waals surface area contributed by atoms with Gasteiger partial charge in [-0.2, -0.15) is 0 Å². The number of halogens is 1. The lowest BCUT2D eigenvalue weighted by Gasteiger charge is -2.11. The molecule has 0 aromatic carbocycles. The standard InChI is InChI=1S/C13H21N2O4.BrH/c1-4-5-8-18-13(17)11(2)19-12(16)9-15-7-6-14(3)10-15;/h6-7,10-11H,4-5,8-9H2,1-3H3;1H/q+1;/p-1. The Kier molecular flexibility index (Phi) is 8.87. The van der Waals surface area contributed by atoms with Crippen LogP contribution in [0, 0.1) is 0 Å². The maximum Gasteiger partial charge on any atom is 0.349 e. The highest BCUT2D eigenvalue weighted by molar-refractivity contribution is 5.78. The number of carbonyl (C=O) groups is 2. The number of imidazole rings is 1. The summed E-state index contributed by atoms with van der Waals surface area (Å²) in [6, 6.07) is 0. The number of unbranched alkanes of at least 4 members (excludes halogenated alkanes) is 1. The van der Waals surface area contributed by atoms with Crippen molar-refractivity contribution in [2.75, 3.05) is 6.61 Å². The quantitative estimate of drug-likeness (QED) is 0.313. The third kappa shape index (κ3) is 6.70. The van der Waals surface area contributed by atoms with Gasteiger partial charge in [-0.25, -0.2) is 18.7 Å². The molecule has 0 amide bonds. The van der Waals surface area contributed by atoms with Gasteiger partial charge >= 0.3 is 11.9 Å². The van der Waals surface area contributed by atoms with Gasteiger partial charge in [0.05, 0.1) is 13.7 Å². The van der Waals surface area contributed by atoms with Crippen LogP contribution in [0.1, 0.15) is 26.7 Å².